The van der Waals surface area contributed by atoms with Gasteiger partial charge in [0.1, 0.15) is 17.2 Å². The van der Waals surface area contributed by atoms with Crippen molar-refractivity contribution in [2.45, 2.75) is 36.3 Å². The zero-order chi connectivity index (χ0) is 37.1. The topological polar surface area (TPSA) is 109 Å². The van der Waals surface area contributed by atoms with Crippen molar-refractivity contribution < 1.29 is 31.9 Å². The number of ether oxygens (including phenoxy) is 2. The normalized spacial score (nSPS) is 14.5. The molecule has 0 bridgehead atoms. The first kappa shape index (κ1) is 35.7. The summed E-state index contributed by atoms with van der Waals surface area (Å²) in [6.45, 7) is 4.17. The summed E-state index contributed by atoms with van der Waals surface area (Å²) in [6, 6.07) is 28.0. The van der Waals surface area contributed by atoms with Crippen molar-refractivity contribution in [2.24, 2.45) is 4.99 Å². The number of rotatable bonds is 10. The lowest BCUT2D eigenvalue weighted by atomic mass is 9.93. The fourth-order valence-electron chi connectivity index (χ4n) is 5.73. The van der Waals surface area contributed by atoms with Crippen molar-refractivity contribution in [1.82, 2.24) is 14.5 Å². The van der Waals surface area contributed by atoms with Crippen LogP contribution in [0.15, 0.2) is 133 Å². The second-order valence-corrected chi connectivity index (χ2v) is 13.5. The van der Waals surface area contributed by atoms with Crippen LogP contribution in [0.1, 0.15) is 42.5 Å². The highest BCUT2D eigenvalue weighted by molar-refractivity contribution is 7.99. The van der Waals surface area contributed by atoms with E-state index in [0.717, 1.165) is 29.2 Å². The highest BCUT2D eigenvalue weighted by atomic mass is 32.2. The lowest BCUT2D eigenvalue weighted by Gasteiger charge is -2.26. The van der Waals surface area contributed by atoms with Crippen molar-refractivity contribution in [3.05, 3.63) is 151 Å². The molecule has 1 atom stereocenters. The molecule has 4 heterocycles. The van der Waals surface area contributed by atoms with Crippen LogP contribution in [-0.2, 0) is 15.7 Å². The third kappa shape index (κ3) is 7.59. The van der Waals surface area contributed by atoms with Crippen LogP contribution in [0.25, 0.3) is 23.0 Å². The van der Waals surface area contributed by atoms with E-state index >= 15 is 0 Å². The van der Waals surface area contributed by atoms with Crippen LogP contribution in [-0.4, -0.2) is 33.7 Å². The molecule has 0 amide bonds. The van der Waals surface area contributed by atoms with Crippen LogP contribution in [0.4, 0.5) is 13.2 Å². The van der Waals surface area contributed by atoms with Gasteiger partial charge in [-0.3, -0.25) is 9.36 Å². The maximum atomic E-state index is 14.3. The molecule has 0 unspecified atom stereocenters. The standard InChI is InChI=1S/C39H29F3N4O5S2/c1-3-49-26-17-15-25(16-18-26)34-32(36(48)50-4-2)33(24-13-9-6-10-14-24)45-38-46(34)35(47)29(52-38)21-27-19-20-31(51-27)53-37-43-28(23-11-7-5-8-12-23)22-30(44-37)39(40,41)42/h5-22,34H,3-4H2,1-2H3/b29-21-/t34-/m0/s1. The number of alkyl halides is 3. The van der Waals surface area contributed by atoms with Crippen molar-refractivity contribution in [3.8, 4) is 17.0 Å². The summed E-state index contributed by atoms with van der Waals surface area (Å²) in [7, 11) is 0. The Kier molecular flexibility index (Phi) is 10.2. The van der Waals surface area contributed by atoms with Gasteiger partial charge in [0.15, 0.2) is 15.1 Å². The van der Waals surface area contributed by atoms with E-state index in [2.05, 4.69) is 9.97 Å². The van der Waals surface area contributed by atoms with Crippen molar-refractivity contribution in [2.75, 3.05) is 13.2 Å². The molecule has 1 aliphatic rings. The molecule has 268 valence electrons. The first-order chi connectivity index (χ1) is 25.6. The molecule has 53 heavy (non-hydrogen) atoms. The molecule has 7 rings (SSSR count). The van der Waals surface area contributed by atoms with Crippen LogP contribution in [0.5, 0.6) is 5.75 Å². The highest BCUT2D eigenvalue weighted by Crippen LogP contribution is 2.37. The van der Waals surface area contributed by atoms with Gasteiger partial charge < -0.3 is 13.9 Å². The van der Waals surface area contributed by atoms with Gasteiger partial charge in [-0.25, -0.2) is 19.8 Å². The lowest BCUT2D eigenvalue weighted by Crippen LogP contribution is -2.40. The summed E-state index contributed by atoms with van der Waals surface area (Å²) in [4.78, 5) is 41.2. The van der Waals surface area contributed by atoms with Gasteiger partial charge >= 0.3 is 12.1 Å². The second kappa shape index (κ2) is 15.1. The average Bonchev–Trinajstić information content (AvgIpc) is 3.74. The molecular weight excluding hydrogens is 726 g/mol. The first-order valence-corrected chi connectivity index (χ1v) is 18.1. The summed E-state index contributed by atoms with van der Waals surface area (Å²) >= 11 is 1.93. The van der Waals surface area contributed by atoms with Crippen molar-refractivity contribution >= 4 is 40.8 Å². The Labute approximate surface area is 308 Å². The number of hydrogen-bond acceptors (Lipinski definition) is 10. The number of nitrogens with zero attached hydrogens (tertiary/aromatic N) is 4. The largest absolute Gasteiger partial charge is 0.494 e. The first-order valence-electron chi connectivity index (χ1n) is 16.4. The number of halogens is 3. The maximum Gasteiger partial charge on any atom is 0.433 e. The molecule has 0 spiro atoms. The van der Waals surface area contributed by atoms with E-state index in [-0.39, 0.29) is 38.4 Å². The molecule has 6 aromatic rings. The van der Waals surface area contributed by atoms with Gasteiger partial charge in [0.05, 0.1) is 40.8 Å². The zero-order valence-electron chi connectivity index (χ0n) is 28.2. The number of fused-ring (bicyclic) bond motifs is 1. The number of aromatic nitrogens is 3. The number of carbonyl (C=O) groups excluding carboxylic acids is 1. The van der Waals surface area contributed by atoms with Gasteiger partial charge in [0.25, 0.3) is 5.56 Å². The molecule has 3 aromatic heterocycles. The number of carbonyl (C=O) groups is 1. The fraction of sp³-hybridized carbons (Fsp3) is 0.154. The van der Waals surface area contributed by atoms with Gasteiger partial charge in [0.2, 0.25) is 0 Å². The molecule has 1 aliphatic heterocycles. The quantitative estimate of drug-likeness (QED) is 0.104. The Morgan fingerprint density at radius 1 is 0.925 bits per heavy atom. The van der Waals surface area contributed by atoms with Crippen LogP contribution >= 0.6 is 23.1 Å². The number of hydrogen-bond donors (Lipinski definition) is 0. The average molecular weight is 755 g/mol. The summed E-state index contributed by atoms with van der Waals surface area (Å²) < 4.78 is 60.2. The maximum absolute atomic E-state index is 14.3. The number of thiazole rings is 1. The van der Waals surface area contributed by atoms with E-state index in [0.29, 0.717) is 39.5 Å². The van der Waals surface area contributed by atoms with Crippen molar-refractivity contribution in [1.29, 1.82) is 0 Å². The molecule has 0 aliphatic carbocycles. The Morgan fingerprint density at radius 3 is 2.28 bits per heavy atom. The van der Waals surface area contributed by atoms with E-state index in [1.165, 1.54) is 10.6 Å². The van der Waals surface area contributed by atoms with Crippen LogP contribution in [0.3, 0.4) is 0 Å². The smallest absolute Gasteiger partial charge is 0.433 e. The molecule has 0 fully saturated rings. The van der Waals surface area contributed by atoms with E-state index in [4.69, 9.17) is 18.9 Å². The molecular formula is C39H29F3N4O5S2. The van der Waals surface area contributed by atoms with Gasteiger partial charge in [0, 0.05) is 17.2 Å². The molecule has 0 saturated heterocycles. The lowest BCUT2D eigenvalue weighted by molar-refractivity contribution is -0.141. The Balaban J connectivity index is 1.31. The van der Waals surface area contributed by atoms with Crippen LogP contribution in [0.2, 0.25) is 0 Å². The molecule has 0 radical (unpaired) electrons. The molecule has 3 aromatic carbocycles. The minimum Gasteiger partial charge on any atom is -0.494 e. The number of furan rings is 1. The predicted molar refractivity (Wildman–Crippen MR) is 194 cm³/mol. The van der Waals surface area contributed by atoms with Crippen LogP contribution in [0, 0.1) is 0 Å². The molecule has 0 N–H and O–H groups in total. The van der Waals surface area contributed by atoms with Crippen molar-refractivity contribution in [3.63, 3.8) is 0 Å². The summed E-state index contributed by atoms with van der Waals surface area (Å²) in [5.41, 5.74) is 0.994. The fourth-order valence-corrected chi connectivity index (χ4v) is 7.45. The minimum atomic E-state index is -4.69. The SMILES string of the molecule is CCOC(=O)C1=C(c2ccccc2)N=c2s/c(=C\c3ccc(Sc4nc(-c5ccccc5)cc(C(F)(F)F)n4)o3)c(=O)n2[C@H]1c1ccc(OCC)cc1. The van der Waals surface area contributed by atoms with Gasteiger partial charge in [-0.1, -0.05) is 84.1 Å². The number of benzene rings is 3. The Hall–Kier alpha value is -5.73. The zero-order valence-corrected chi connectivity index (χ0v) is 29.8. The highest BCUT2D eigenvalue weighted by Gasteiger charge is 2.36. The Morgan fingerprint density at radius 2 is 1.62 bits per heavy atom. The van der Waals surface area contributed by atoms with E-state index in [1.807, 2.05) is 37.3 Å². The number of esters is 1. The third-order valence-corrected chi connectivity index (χ3v) is 9.78. The van der Waals surface area contributed by atoms with E-state index in [1.54, 1.807) is 73.7 Å². The summed E-state index contributed by atoms with van der Waals surface area (Å²) in [5.74, 6) is 0.286. The third-order valence-electron chi connectivity index (χ3n) is 8.01. The summed E-state index contributed by atoms with van der Waals surface area (Å²) in [5, 5.41) is 0.0554. The second-order valence-electron chi connectivity index (χ2n) is 11.5. The minimum absolute atomic E-state index is 0.113. The molecule has 9 nitrogen and oxygen atoms in total. The Bertz CT molecular complexity index is 2490. The van der Waals surface area contributed by atoms with Crippen LogP contribution < -0.4 is 19.6 Å². The molecule has 0 saturated carbocycles. The van der Waals surface area contributed by atoms with Gasteiger partial charge in [-0.15, -0.1) is 0 Å². The van der Waals surface area contributed by atoms with Gasteiger partial charge in [-0.2, -0.15) is 13.2 Å². The van der Waals surface area contributed by atoms with Gasteiger partial charge in [-0.05, 0) is 61.5 Å². The van der Waals surface area contributed by atoms with E-state index < -0.39 is 29.4 Å². The predicted octanol–water partition coefficient (Wildman–Crippen LogP) is 7.55. The van der Waals surface area contributed by atoms with E-state index in [9.17, 15) is 22.8 Å². The summed E-state index contributed by atoms with van der Waals surface area (Å²) in [6.07, 6.45) is -3.16. The molecule has 14 heteroatoms. The monoisotopic (exact) mass is 754 g/mol.